The van der Waals surface area contributed by atoms with Crippen LogP contribution in [0.2, 0.25) is 0 Å². The Labute approximate surface area is 128 Å². The molecular weight excluding hydrogens is 346 g/mol. The molecule has 2 aromatic rings. The van der Waals surface area contributed by atoms with Crippen LogP contribution in [0.15, 0.2) is 18.2 Å². The minimum atomic E-state index is -2.45. The lowest BCUT2D eigenvalue weighted by molar-refractivity contribution is -0.387. The molecule has 24 heavy (non-hydrogen) atoms. The fourth-order valence-electron chi connectivity index (χ4n) is 1.73. The molecule has 1 amide bonds. The largest absolute Gasteiger partial charge is 0.322 e. The molecule has 126 valence electrons. The van der Waals surface area contributed by atoms with Crippen molar-refractivity contribution in [2.24, 2.45) is 0 Å². The molecule has 0 heterocycles. The van der Waals surface area contributed by atoms with Gasteiger partial charge in [0, 0.05) is 11.8 Å². The monoisotopic (exact) mass is 350 g/mol. The van der Waals surface area contributed by atoms with Crippen LogP contribution in [-0.4, -0.2) is 10.8 Å². The lowest BCUT2D eigenvalue weighted by Gasteiger charge is -2.09. The number of carbonyl (C=O) groups excluding carboxylic acids is 1. The van der Waals surface area contributed by atoms with Gasteiger partial charge >= 0.3 is 5.69 Å². The van der Waals surface area contributed by atoms with Gasteiger partial charge in [0.2, 0.25) is 11.6 Å². The molecule has 0 fully saturated rings. The molecule has 0 aliphatic heterocycles. The summed E-state index contributed by atoms with van der Waals surface area (Å²) in [5.74, 6) is -14.9. The van der Waals surface area contributed by atoms with Gasteiger partial charge < -0.3 is 5.32 Å². The normalized spacial score (nSPS) is 10.6. The van der Waals surface area contributed by atoms with E-state index in [1.165, 1.54) is 0 Å². The van der Waals surface area contributed by atoms with E-state index < -0.39 is 62.7 Å². The summed E-state index contributed by atoms with van der Waals surface area (Å²) < 4.78 is 79.1. The minimum Gasteiger partial charge on any atom is -0.322 e. The van der Waals surface area contributed by atoms with Crippen molar-refractivity contribution in [1.29, 1.82) is 0 Å². The lowest BCUT2D eigenvalue weighted by Crippen LogP contribution is -2.19. The van der Waals surface area contributed by atoms with Gasteiger partial charge in [0.15, 0.2) is 23.3 Å². The quantitative estimate of drug-likeness (QED) is 0.302. The van der Waals surface area contributed by atoms with E-state index in [9.17, 15) is 41.3 Å². The molecule has 1 N–H and O–H groups in total. The summed E-state index contributed by atoms with van der Waals surface area (Å²) in [6.07, 6.45) is 0. The van der Waals surface area contributed by atoms with Crippen LogP contribution in [0.5, 0.6) is 0 Å². The number of hydrogen-bond acceptors (Lipinski definition) is 3. The zero-order chi connectivity index (χ0) is 18.2. The molecule has 0 atom stereocenters. The van der Waals surface area contributed by atoms with Crippen molar-refractivity contribution in [1.82, 2.24) is 0 Å². The zero-order valence-electron chi connectivity index (χ0n) is 11.2. The van der Waals surface area contributed by atoms with Gasteiger partial charge in [-0.05, 0) is 12.1 Å². The maximum atomic E-state index is 13.5. The average Bonchev–Trinajstić information content (AvgIpc) is 2.52. The van der Waals surface area contributed by atoms with Gasteiger partial charge in [-0.1, -0.05) is 0 Å². The molecule has 0 unspecified atom stereocenters. The van der Waals surface area contributed by atoms with Crippen LogP contribution in [0, 0.1) is 45.0 Å². The van der Waals surface area contributed by atoms with Crippen LogP contribution in [0.25, 0.3) is 0 Å². The summed E-state index contributed by atoms with van der Waals surface area (Å²) >= 11 is 0. The molecule has 0 saturated carbocycles. The van der Waals surface area contributed by atoms with Crippen LogP contribution in [0.3, 0.4) is 0 Å². The van der Waals surface area contributed by atoms with E-state index in [4.69, 9.17) is 0 Å². The molecule has 5 nitrogen and oxygen atoms in total. The Balaban J connectivity index is 2.45. The maximum absolute atomic E-state index is 13.5. The fourth-order valence-corrected chi connectivity index (χ4v) is 1.73. The second-order valence-corrected chi connectivity index (χ2v) is 4.32. The van der Waals surface area contributed by atoms with Gasteiger partial charge in [0.1, 0.15) is 5.56 Å². The van der Waals surface area contributed by atoms with Crippen molar-refractivity contribution in [2.45, 2.75) is 0 Å². The summed E-state index contributed by atoms with van der Waals surface area (Å²) in [6.45, 7) is 0. The first kappa shape index (κ1) is 17.2. The second kappa shape index (κ2) is 6.18. The standard InChI is InChI=1S/C13H4F6N2O3/c14-5-2-1-4(3-6(5)21(23)24)20-13(22)7-8(15)10(17)12(19)11(18)9(7)16/h1-3H,(H,20,22). The number of benzene rings is 2. The van der Waals surface area contributed by atoms with Gasteiger partial charge in [-0.25, -0.2) is 22.0 Å². The first-order valence-electron chi connectivity index (χ1n) is 5.91. The summed E-state index contributed by atoms with van der Waals surface area (Å²) in [7, 11) is 0. The number of nitrogens with one attached hydrogen (secondary N) is 1. The van der Waals surface area contributed by atoms with E-state index in [1.54, 1.807) is 5.32 Å². The number of hydrogen-bond donors (Lipinski definition) is 1. The first-order chi connectivity index (χ1) is 11.1. The molecule has 0 bridgehead atoms. The zero-order valence-corrected chi connectivity index (χ0v) is 11.2. The molecule has 0 aliphatic rings. The van der Waals surface area contributed by atoms with Crippen molar-refractivity contribution in [3.05, 3.63) is 68.8 Å². The molecular formula is C13H4F6N2O3. The van der Waals surface area contributed by atoms with Gasteiger partial charge in [0.25, 0.3) is 5.91 Å². The molecule has 11 heteroatoms. The molecule has 0 radical (unpaired) electrons. The minimum absolute atomic E-state index is 0.489. The Morgan fingerprint density at radius 1 is 0.917 bits per heavy atom. The molecule has 0 spiro atoms. The highest BCUT2D eigenvalue weighted by molar-refractivity contribution is 6.04. The molecule has 0 aromatic heterocycles. The summed E-state index contributed by atoms with van der Waals surface area (Å²) in [5, 5.41) is 12.2. The Bertz CT molecular complexity index is 842. The Kier molecular flexibility index (Phi) is 4.44. The van der Waals surface area contributed by atoms with E-state index in [1.807, 2.05) is 0 Å². The van der Waals surface area contributed by atoms with Crippen LogP contribution < -0.4 is 5.32 Å². The maximum Gasteiger partial charge on any atom is 0.306 e. The van der Waals surface area contributed by atoms with Crippen molar-refractivity contribution in [3.63, 3.8) is 0 Å². The number of amides is 1. The molecule has 2 aromatic carbocycles. The predicted molar refractivity (Wildman–Crippen MR) is 67.2 cm³/mol. The Morgan fingerprint density at radius 3 is 1.92 bits per heavy atom. The van der Waals surface area contributed by atoms with Crippen molar-refractivity contribution < 1.29 is 36.1 Å². The third-order valence-corrected chi connectivity index (χ3v) is 2.84. The highest BCUT2D eigenvalue weighted by Gasteiger charge is 2.30. The van der Waals surface area contributed by atoms with Gasteiger partial charge in [-0.2, -0.15) is 4.39 Å². The van der Waals surface area contributed by atoms with Crippen LogP contribution in [0.1, 0.15) is 10.4 Å². The average molecular weight is 350 g/mol. The molecule has 2 rings (SSSR count). The van der Waals surface area contributed by atoms with Crippen LogP contribution >= 0.6 is 0 Å². The topological polar surface area (TPSA) is 72.2 Å². The van der Waals surface area contributed by atoms with E-state index in [0.717, 1.165) is 6.07 Å². The highest BCUT2D eigenvalue weighted by Crippen LogP contribution is 2.25. The number of nitrogens with zero attached hydrogens (tertiary/aromatic N) is 1. The smallest absolute Gasteiger partial charge is 0.306 e. The first-order valence-corrected chi connectivity index (χ1v) is 5.91. The number of carbonyl (C=O) groups is 1. The van der Waals surface area contributed by atoms with Gasteiger partial charge in [-0.15, -0.1) is 0 Å². The van der Waals surface area contributed by atoms with Crippen molar-refractivity contribution in [2.75, 3.05) is 5.32 Å². The van der Waals surface area contributed by atoms with Gasteiger partial charge in [-0.3, -0.25) is 14.9 Å². The molecule has 0 aliphatic carbocycles. The Morgan fingerprint density at radius 2 is 1.42 bits per heavy atom. The third-order valence-electron chi connectivity index (χ3n) is 2.84. The number of nitro benzene ring substituents is 1. The van der Waals surface area contributed by atoms with E-state index >= 15 is 0 Å². The summed E-state index contributed by atoms with van der Waals surface area (Å²) in [4.78, 5) is 21.1. The van der Waals surface area contributed by atoms with E-state index in [2.05, 4.69) is 0 Å². The highest BCUT2D eigenvalue weighted by atomic mass is 19.2. The summed E-state index contributed by atoms with van der Waals surface area (Å²) in [6, 6.07) is 1.89. The Hall–Kier alpha value is -3.11. The lowest BCUT2D eigenvalue weighted by atomic mass is 10.1. The van der Waals surface area contributed by atoms with Crippen LogP contribution in [0.4, 0.5) is 37.7 Å². The molecule has 0 saturated heterocycles. The second-order valence-electron chi connectivity index (χ2n) is 4.32. The summed E-state index contributed by atoms with van der Waals surface area (Å²) in [5.41, 5.74) is -3.33. The van der Waals surface area contributed by atoms with Crippen molar-refractivity contribution >= 4 is 17.3 Å². The van der Waals surface area contributed by atoms with E-state index in [-0.39, 0.29) is 0 Å². The number of rotatable bonds is 3. The third kappa shape index (κ3) is 2.87. The number of nitro groups is 1. The fraction of sp³-hybridized carbons (Fsp3) is 0. The predicted octanol–water partition coefficient (Wildman–Crippen LogP) is 3.68. The van der Waals surface area contributed by atoms with Gasteiger partial charge in [0.05, 0.1) is 4.92 Å². The van der Waals surface area contributed by atoms with Crippen molar-refractivity contribution in [3.8, 4) is 0 Å². The van der Waals surface area contributed by atoms with Crippen LogP contribution in [-0.2, 0) is 0 Å². The number of halogens is 6. The van der Waals surface area contributed by atoms with E-state index in [0.29, 0.717) is 12.1 Å². The number of anilines is 1. The SMILES string of the molecule is O=C(Nc1ccc(F)c([N+](=O)[O-])c1)c1c(F)c(F)c(F)c(F)c1F.